The Morgan fingerprint density at radius 2 is 2.14 bits per heavy atom. The zero-order valence-corrected chi connectivity index (χ0v) is 17.1. The molecule has 8 nitrogen and oxygen atoms in total. The average Bonchev–Trinajstić information content (AvgIpc) is 2.66. The third-order valence-corrected chi connectivity index (χ3v) is 5.41. The number of nitrogens with zero attached hydrogens (tertiary/aromatic N) is 1. The number of ether oxygens (including phenoxy) is 2. The Labute approximate surface area is 166 Å². The lowest BCUT2D eigenvalue weighted by Crippen LogP contribution is -2.61. The molecule has 0 heterocycles. The molecular formula is C20H31N3O5. The molecule has 1 aliphatic carbocycles. The molecule has 0 aromatic heterocycles. The number of carbonyl (C=O) groups is 1. The third-order valence-electron chi connectivity index (χ3n) is 5.41. The summed E-state index contributed by atoms with van der Waals surface area (Å²) in [5, 5.41) is 17.2. The van der Waals surface area contributed by atoms with Gasteiger partial charge in [0.15, 0.2) is 0 Å². The highest BCUT2D eigenvalue weighted by atomic mass is 16.6. The molecular weight excluding hydrogens is 362 g/mol. The number of rotatable bonds is 11. The molecule has 2 N–H and O–H groups in total. The highest BCUT2D eigenvalue weighted by Gasteiger charge is 2.48. The van der Waals surface area contributed by atoms with Gasteiger partial charge in [0, 0.05) is 31.0 Å². The van der Waals surface area contributed by atoms with E-state index in [0.717, 1.165) is 25.9 Å². The fourth-order valence-corrected chi connectivity index (χ4v) is 3.35. The lowest BCUT2D eigenvalue weighted by atomic mass is 9.64. The number of nitro benzene ring substituents is 1. The highest BCUT2D eigenvalue weighted by Crippen LogP contribution is 2.42. The van der Waals surface area contributed by atoms with Crippen molar-refractivity contribution in [3.63, 3.8) is 0 Å². The number of benzene rings is 1. The second-order valence-electron chi connectivity index (χ2n) is 7.72. The maximum Gasteiger partial charge on any atom is 0.296 e. The topological polar surface area (TPSA) is 103 Å². The predicted molar refractivity (Wildman–Crippen MR) is 108 cm³/mol. The summed E-state index contributed by atoms with van der Waals surface area (Å²) in [5.41, 5.74) is 0.0101. The number of hydrogen-bond donors (Lipinski definition) is 2. The van der Waals surface area contributed by atoms with Crippen LogP contribution in [0.5, 0.6) is 5.75 Å². The third kappa shape index (κ3) is 5.42. The molecule has 8 heteroatoms. The second-order valence-corrected chi connectivity index (χ2v) is 7.72. The van der Waals surface area contributed by atoms with Crippen LogP contribution < -0.4 is 15.4 Å². The maximum atomic E-state index is 12.2. The van der Waals surface area contributed by atoms with Crippen molar-refractivity contribution in [2.45, 2.75) is 58.6 Å². The molecule has 0 spiro atoms. The lowest BCUT2D eigenvalue weighted by molar-refractivity contribution is -0.384. The second kappa shape index (κ2) is 9.84. The molecule has 28 heavy (non-hydrogen) atoms. The largest absolute Gasteiger partial charge is 0.496 e. The van der Waals surface area contributed by atoms with E-state index >= 15 is 0 Å². The van der Waals surface area contributed by atoms with Crippen molar-refractivity contribution in [3.8, 4) is 5.75 Å². The van der Waals surface area contributed by atoms with Crippen LogP contribution in [0.4, 0.5) is 11.4 Å². The van der Waals surface area contributed by atoms with Gasteiger partial charge in [-0.25, -0.2) is 0 Å². The van der Waals surface area contributed by atoms with Gasteiger partial charge in [0.1, 0.15) is 11.4 Å². The standard InChI is InChI=1S/C20H31N3O5/c1-5-6-11-28-18-13-17(20(18,2)3)21-10-9-19(24)22-15-8-7-14(27-4)12-16(15)23(25)26/h7-8,12,17-18,21H,5-6,9-11,13H2,1-4H3,(H,22,24)/t17-,18+/m0/s1. The molecule has 1 aliphatic rings. The Balaban J connectivity index is 1.79. The number of methoxy groups -OCH3 is 1. The fraction of sp³-hybridized carbons (Fsp3) is 0.650. The number of unbranched alkanes of at least 4 members (excludes halogenated alkanes) is 1. The van der Waals surface area contributed by atoms with Gasteiger partial charge >= 0.3 is 0 Å². The summed E-state index contributed by atoms with van der Waals surface area (Å²) < 4.78 is 10.9. The smallest absolute Gasteiger partial charge is 0.296 e. The molecule has 0 unspecified atom stereocenters. The summed E-state index contributed by atoms with van der Waals surface area (Å²) in [7, 11) is 1.43. The van der Waals surface area contributed by atoms with Crippen LogP contribution in [-0.2, 0) is 9.53 Å². The van der Waals surface area contributed by atoms with Crippen LogP contribution in [0.1, 0.15) is 46.5 Å². The molecule has 0 radical (unpaired) electrons. The molecule has 0 aliphatic heterocycles. The first-order valence-corrected chi connectivity index (χ1v) is 9.76. The van der Waals surface area contributed by atoms with Gasteiger partial charge in [0.2, 0.25) is 5.91 Å². The van der Waals surface area contributed by atoms with E-state index in [-0.39, 0.29) is 35.2 Å². The van der Waals surface area contributed by atoms with Crippen molar-refractivity contribution in [2.75, 3.05) is 25.6 Å². The zero-order chi connectivity index (χ0) is 20.7. The van der Waals surface area contributed by atoms with Gasteiger partial charge in [0.25, 0.3) is 5.69 Å². The number of hydrogen-bond acceptors (Lipinski definition) is 6. The highest BCUT2D eigenvalue weighted by molar-refractivity contribution is 5.93. The van der Waals surface area contributed by atoms with E-state index in [4.69, 9.17) is 9.47 Å². The van der Waals surface area contributed by atoms with Gasteiger partial charge in [-0.15, -0.1) is 0 Å². The number of carbonyl (C=O) groups excluding carboxylic acids is 1. The maximum absolute atomic E-state index is 12.2. The Bertz CT molecular complexity index is 692. The molecule has 1 aromatic rings. The van der Waals surface area contributed by atoms with E-state index in [0.29, 0.717) is 18.3 Å². The van der Waals surface area contributed by atoms with E-state index in [1.54, 1.807) is 6.07 Å². The van der Waals surface area contributed by atoms with Crippen molar-refractivity contribution in [1.82, 2.24) is 5.32 Å². The average molecular weight is 393 g/mol. The molecule has 0 bridgehead atoms. The van der Waals surface area contributed by atoms with Crippen LogP contribution in [0, 0.1) is 15.5 Å². The normalized spacial score (nSPS) is 20.3. The van der Waals surface area contributed by atoms with Crippen LogP contribution in [0.15, 0.2) is 18.2 Å². The minimum Gasteiger partial charge on any atom is -0.496 e. The van der Waals surface area contributed by atoms with Crippen LogP contribution in [0.25, 0.3) is 0 Å². The van der Waals surface area contributed by atoms with E-state index in [1.165, 1.54) is 19.2 Å². The fourth-order valence-electron chi connectivity index (χ4n) is 3.35. The molecule has 156 valence electrons. The minimum atomic E-state index is -0.536. The number of nitro groups is 1. The van der Waals surface area contributed by atoms with E-state index < -0.39 is 4.92 Å². The SMILES string of the molecule is CCCCO[C@@H]1C[C@H](NCCC(=O)Nc2ccc(OC)cc2[N+](=O)[O-])C1(C)C. The van der Waals surface area contributed by atoms with Gasteiger partial charge in [-0.3, -0.25) is 14.9 Å². The first kappa shape index (κ1) is 22.1. The Kier molecular flexibility index (Phi) is 7.77. The van der Waals surface area contributed by atoms with Gasteiger partial charge in [-0.2, -0.15) is 0 Å². The number of amides is 1. The molecule has 1 amide bonds. The molecule has 1 aromatic carbocycles. The Morgan fingerprint density at radius 3 is 2.75 bits per heavy atom. The number of anilines is 1. The van der Waals surface area contributed by atoms with Crippen LogP contribution >= 0.6 is 0 Å². The Hall–Kier alpha value is -2.19. The summed E-state index contributed by atoms with van der Waals surface area (Å²) in [4.78, 5) is 22.9. The predicted octanol–water partition coefficient (Wildman–Crippen LogP) is 3.51. The van der Waals surface area contributed by atoms with Gasteiger partial charge in [0.05, 0.1) is 24.2 Å². The van der Waals surface area contributed by atoms with Crippen molar-refractivity contribution >= 4 is 17.3 Å². The molecule has 1 saturated carbocycles. The summed E-state index contributed by atoms with van der Waals surface area (Å²) in [5.74, 6) is 0.0999. The Morgan fingerprint density at radius 1 is 1.39 bits per heavy atom. The first-order chi connectivity index (χ1) is 13.3. The van der Waals surface area contributed by atoms with Crippen LogP contribution in [0.2, 0.25) is 0 Å². The van der Waals surface area contributed by atoms with E-state index in [9.17, 15) is 14.9 Å². The van der Waals surface area contributed by atoms with Gasteiger partial charge < -0.3 is 20.1 Å². The van der Waals surface area contributed by atoms with Crippen molar-refractivity contribution < 1.29 is 19.2 Å². The minimum absolute atomic E-state index is 0.0268. The molecule has 2 atom stereocenters. The molecule has 0 saturated heterocycles. The van der Waals surface area contributed by atoms with E-state index in [1.807, 2.05) is 0 Å². The summed E-state index contributed by atoms with van der Waals surface area (Å²) in [6, 6.07) is 4.65. The summed E-state index contributed by atoms with van der Waals surface area (Å²) in [6.45, 7) is 7.79. The van der Waals surface area contributed by atoms with Gasteiger partial charge in [-0.1, -0.05) is 27.2 Å². The summed E-state index contributed by atoms with van der Waals surface area (Å²) in [6.07, 6.45) is 3.60. The summed E-state index contributed by atoms with van der Waals surface area (Å²) >= 11 is 0. The molecule has 2 rings (SSSR count). The van der Waals surface area contributed by atoms with Crippen molar-refractivity contribution in [2.24, 2.45) is 5.41 Å². The van der Waals surface area contributed by atoms with E-state index in [2.05, 4.69) is 31.4 Å². The van der Waals surface area contributed by atoms with Crippen molar-refractivity contribution in [1.29, 1.82) is 0 Å². The first-order valence-electron chi connectivity index (χ1n) is 9.76. The van der Waals surface area contributed by atoms with Crippen LogP contribution in [-0.4, -0.2) is 43.2 Å². The quantitative estimate of drug-likeness (QED) is 0.339. The zero-order valence-electron chi connectivity index (χ0n) is 17.1. The lowest BCUT2D eigenvalue weighted by Gasteiger charge is -2.52. The molecule has 1 fully saturated rings. The van der Waals surface area contributed by atoms with Crippen LogP contribution in [0.3, 0.4) is 0 Å². The van der Waals surface area contributed by atoms with Crippen molar-refractivity contribution in [3.05, 3.63) is 28.3 Å². The number of nitrogens with one attached hydrogen (secondary N) is 2. The van der Waals surface area contributed by atoms with Gasteiger partial charge in [-0.05, 0) is 25.0 Å². The monoisotopic (exact) mass is 393 g/mol.